The van der Waals surface area contributed by atoms with Crippen LogP contribution in [0.4, 0.5) is 4.39 Å². The summed E-state index contributed by atoms with van der Waals surface area (Å²) in [5.41, 5.74) is -1.17. The summed E-state index contributed by atoms with van der Waals surface area (Å²) >= 11 is 0. The van der Waals surface area contributed by atoms with Gasteiger partial charge in [-0.2, -0.15) is 5.26 Å². The van der Waals surface area contributed by atoms with Crippen LogP contribution in [-0.2, 0) is 9.53 Å². The van der Waals surface area contributed by atoms with Gasteiger partial charge in [-0.3, -0.25) is 9.59 Å². The highest BCUT2D eigenvalue weighted by atomic mass is 19.1. The maximum absolute atomic E-state index is 14.7. The number of carbonyl (C=O) groups is 2. The smallest absolute Gasteiger partial charge is 0.257 e. The van der Waals surface area contributed by atoms with Crippen LogP contribution < -0.4 is 5.32 Å². The van der Waals surface area contributed by atoms with E-state index < -0.39 is 11.6 Å². The Morgan fingerprint density at radius 2 is 2.12 bits per heavy atom. The average Bonchev–Trinajstić information content (AvgIpc) is 2.62. The predicted octanol–water partition coefficient (Wildman–Crippen LogP) is 1.27. The van der Waals surface area contributed by atoms with Crippen molar-refractivity contribution in [2.45, 2.75) is 18.5 Å². The lowest BCUT2D eigenvalue weighted by Crippen LogP contribution is -2.52. The van der Waals surface area contributed by atoms with Gasteiger partial charge in [0.25, 0.3) is 11.8 Å². The van der Waals surface area contributed by atoms with Crippen LogP contribution in [0, 0.1) is 11.3 Å². The lowest BCUT2D eigenvalue weighted by atomic mass is 9.92. The summed E-state index contributed by atoms with van der Waals surface area (Å²) in [6.07, 6.45) is -0.0923. The van der Waals surface area contributed by atoms with E-state index in [1.54, 1.807) is 18.2 Å². The van der Waals surface area contributed by atoms with E-state index in [0.29, 0.717) is 17.7 Å². The number of amides is 2. The molecule has 0 bridgehead atoms. The minimum absolute atomic E-state index is 0.0461. The fraction of sp³-hybridized carbons (Fsp3) is 0.471. The van der Waals surface area contributed by atoms with Crippen LogP contribution in [0.25, 0.3) is 0 Å². The fourth-order valence-electron chi connectivity index (χ4n) is 2.62. The SMILES string of the molecule is COCCNC(=O)C1(F)CCN(C(=O)c2cccc(C#N)c2)CC1. The first kappa shape index (κ1) is 17.9. The van der Waals surface area contributed by atoms with Gasteiger partial charge < -0.3 is 15.0 Å². The number of hydrogen-bond donors (Lipinski definition) is 1. The van der Waals surface area contributed by atoms with Crippen molar-refractivity contribution in [3.05, 3.63) is 35.4 Å². The summed E-state index contributed by atoms with van der Waals surface area (Å²) in [6, 6.07) is 8.37. The first-order valence-electron chi connectivity index (χ1n) is 7.76. The molecule has 6 nitrogen and oxygen atoms in total. The van der Waals surface area contributed by atoms with Crippen LogP contribution >= 0.6 is 0 Å². The summed E-state index contributed by atoms with van der Waals surface area (Å²) in [5, 5.41) is 11.4. The topological polar surface area (TPSA) is 82.4 Å². The van der Waals surface area contributed by atoms with Crippen molar-refractivity contribution >= 4 is 11.8 Å². The molecule has 1 aromatic rings. The molecule has 1 N–H and O–H groups in total. The largest absolute Gasteiger partial charge is 0.383 e. The quantitative estimate of drug-likeness (QED) is 0.823. The molecule has 1 fully saturated rings. The van der Waals surface area contributed by atoms with Gasteiger partial charge in [0, 0.05) is 45.1 Å². The number of methoxy groups -OCH3 is 1. The molecule has 1 heterocycles. The molecule has 0 saturated carbocycles. The molecule has 1 aliphatic heterocycles. The van der Waals surface area contributed by atoms with Gasteiger partial charge in [-0.25, -0.2) is 4.39 Å². The van der Waals surface area contributed by atoms with Gasteiger partial charge in [-0.15, -0.1) is 0 Å². The number of benzene rings is 1. The molecule has 7 heteroatoms. The molecule has 2 amide bonds. The van der Waals surface area contributed by atoms with Crippen LogP contribution in [0.5, 0.6) is 0 Å². The average molecular weight is 333 g/mol. The van der Waals surface area contributed by atoms with Gasteiger partial charge in [0.1, 0.15) is 0 Å². The molecule has 0 spiro atoms. The lowest BCUT2D eigenvalue weighted by Gasteiger charge is -2.35. The van der Waals surface area contributed by atoms with Gasteiger partial charge in [0.05, 0.1) is 18.2 Å². The third-order valence-corrected chi connectivity index (χ3v) is 4.08. The first-order valence-corrected chi connectivity index (χ1v) is 7.76. The van der Waals surface area contributed by atoms with Crippen molar-refractivity contribution in [2.24, 2.45) is 0 Å². The highest BCUT2D eigenvalue weighted by Crippen LogP contribution is 2.27. The second kappa shape index (κ2) is 7.88. The highest BCUT2D eigenvalue weighted by Gasteiger charge is 2.42. The van der Waals surface area contributed by atoms with E-state index in [9.17, 15) is 14.0 Å². The summed E-state index contributed by atoms with van der Waals surface area (Å²) in [5.74, 6) is -0.910. The Hall–Kier alpha value is -2.46. The Morgan fingerprint density at radius 3 is 2.75 bits per heavy atom. The number of ether oxygens (including phenoxy) is 1. The minimum Gasteiger partial charge on any atom is -0.383 e. The normalized spacial score (nSPS) is 16.3. The molecule has 0 aromatic heterocycles. The Bertz CT molecular complexity index is 649. The zero-order valence-electron chi connectivity index (χ0n) is 13.5. The van der Waals surface area contributed by atoms with E-state index in [1.807, 2.05) is 6.07 Å². The van der Waals surface area contributed by atoms with Crippen molar-refractivity contribution < 1.29 is 18.7 Å². The van der Waals surface area contributed by atoms with E-state index in [4.69, 9.17) is 10.00 Å². The van der Waals surface area contributed by atoms with E-state index >= 15 is 0 Å². The summed E-state index contributed by atoms with van der Waals surface area (Å²) in [7, 11) is 1.50. The van der Waals surface area contributed by atoms with Crippen LogP contribution in [0.15, 0.2) is 24.3 Å². The summed E-state index contributed by atoms with van der Waals surface area (Å²) in [6.45, 7) is 0.889. The number of nitriles is 1. The van der Waals surface area contributed by atoms with Crippen LogP contribution in [0.1, 0.15) is 28.8 Å². The fourth-order valence-corrected chi connectivity index (χ4v) is 2.62. The van der Waals surface area contributed by atoms with E-state index in [-0.39, 0.29) is 38.4 Å². The lowest BCUT2D eigenvalue weighted by molar-refractivity contribution is -0.135. The van der Waals surface area contributed by atoms with Crippen molar-refractivity contribution in [2.75, 3.05) is 33.4 Å². The van der Waals surface area contributed by atoms with Crippen molar-refractivity contribution in [3.8, 4) is 6.07 Å². The summed E-state index contributed by atoms with van der Waals surface area (Å²) in [4.78, 5) is 25.9. The van der Waals surface area contributed by atoms with Gasteiger partial charge in [0.2, 0.25) is 0 Å². The second-order valence-corrected chi connectivity index (χ2v) is 5.70. The Labute approximate surface area is 140 Å². The van der Waals surface area contributed by atoms with Crippen molar-refractivity contribution in [1.29, 1.82) is 5.26 Å². The van der Waals surface area contributed by atoms with Crippen molar-refractivity contribution in [1.82, 2.24) is 10.2 Å². The third kappa shape index (κ3) is 4.09. The maximum Gasteiger partial charge on any atom is 0.257 e. The number of alkyl halides is 1. The van der Waals surface area contributed by atoms with E-state index in [1.165, 1.54) is 18.1 Å². The number of piperidine rings is 1. The van der Waals surface area contributed by atoms with Gasteiger partial charge >= 0.3 is 0 Å². The Balaban J connectivity index is 1.95. The predicted molar refractivity (Wildman–Crippen MR) is 85.0 cm³/mol. The van der Waals surface area contributed by atoms with Gasteiger partial charge in [-0.05, 0) is 18.2 Å². The molecular formula is C17H20FN3O3. The molecule has 1 aliphatic rings. The number of rotatable bonds is 5. The molecule has 24 heavy (non-hydrogen) atoms. The zero-order valence-corrected chi connectivity index (χ0v) is 13.5. The minimum atomic E-state index is -1.96. The van der Waals surface area contributed by atoms with Crippen molar-refractivity contribution in [3.63, 3.8) is 0 Å². The standard InChI is InChI=1S/C17H20FN3O3/c1-24-10-7-20-16(23)17(18)5-8-21(9-6-17)15(22)14-4-2-3-13(11-14)12-19/h2-4,11H,5-10H2,1H3,(H,20,23). The molecule has 1 aromatic carbocycles. The third-order valence-electron chi connectivity index (χ3n) is 4.08. The monoisotopic (exact) mass is 333 g/mol. The molecule has 0 aliphatic carbocycles. The summed E-state index contributed by atoms with van der Waals surface area (Å²) < 4.78 is 19.5. The number of hydrogen-bond acceptors (Lipinski definition) is 4. The molecule has 0 atom stereocenters. The molecule has 0 radical (unpaired) electrons. The second-order valence-electron chi connectivity index (χ2n) is 5.70. The number of carbonyl (C=O) groups excluding carboxylic acids is 2. The molecule has 1 saturated heterocycles. The Morgan fingerprint density at radius 1 is 1.42 bits per heavy atom. The first-order chi connectivity index (χ1) is 11.5. The highest BCUT2D eigenvalue weighted by molar-refractivity contribution is 5.95. The van der Waals surface area contributed by atoms with E-state index in [0.717, 1.165) is 0 Å². The molecular weight excluding hydrogens is 313 g/mol. The van der Waals surface area contributed by atoms with Crippen LogP contribution in [0.2, 0.25) is 0 Å². The van der Waals surface area contributed by atoms with Crippen LogP contribution in [0.3, 0.4) is 0 Å². The van der Waals surface area contributed by atoms with Gasteiger partial charge in [-0.1, -0.05) is 6.07 Å². The van der Waals surface area contributed by atoms with Crippen LogP contribution in [-0.4, -0.2) is 55.7 Å². The van der Waals surface area contributed by atoms with Gasteiger partial charge in [0.15, 0.2) is 5.67 Å². The molecule has 2 rings (SSSR count). The number of nitrogens with one attached hydrogen (secondary N) is 1. The molecule has 0 unspecified atom stereocenters. The number of likely N-dealkylation sites (tertiary alicyclic amines) is 1. The Kier molecular flexibility index (Phi) is 5.88. The maximum atomic E-state index is 14.7. The number of nitrogens with zero attached hydrogens (tertiary/aromatic N) is 2. The van der Waals surface area contributed by atoms with E-state index in [2.05, 4.69) is 5.32 Å². The molecule has 128 valence electrons. The number of halogens is 1. The zero-order chi connectivity index (χ0) is 17.6.